The van der Waals surface area contributed by atoms with Crippen LogP contribution in [0.5, 0.6) is 0 Å². The molecule has 0 heterocycles. The topological polar surface area (TPSA) is 38.5 Å². The molecule has 0 radical (unpaired) electrons. The van der Waals surface area contributed by atoms with Gasteiger partial charge in [0.05, 0.1) is 6.10 Å². The maximum absolute atomic E-state index is 5.79. The fourth-order valence-corrected chi connectivity index (χ4v) is 3.12. The van der Waals surface area contributed by atoms with Gasteiger partial charge in [-0.15, -0.1) is 0 Å². The molecule has 0 saturated heterocycles. The summed E-state index contributed by atoms with van der Waals surface area (Å²) in [6, 6.07) is 11.2. The van der Waals surface area contributed by atoms with Crippen LogP contribution in [0, 0.1) is 0 Å². The van der Waals surface area contributed by atoms with Crippen LogP contribution in [0.1, 0.15) is 31.2 Å². The maximum atomic E-state index is 5.79. The predicted octanol–water partition coefficient (Wildman–Crippen LogP) is 2.40. The van der Waals surface area contributed by atoms with Crippen LogP contribution in [-0.4, -0.2) is 37.2 Å². The Labute approximate surface area is 116 Å². The standard InChI is InChI=1S/C16H26N2O/c1-19-16-10-6-5-9-15(16)18(12-11-17)13-14-7-3-2-4-8-14/h2-4,7-8,15-16H,5-6,9-13,17H2,1H3. The lowest BCUT2D eigenvalue weighted by atomic mass is 9.90. The zero-order valence-electron chi connectivity index (χ0n) is 11.9. The number of hydrogen-bond acceptors (Lipinski definition) is 3. The molecule has 3 heteroatoms. The van der Waals surface area contributed by atoms with E-state index in [9.17, 15) is 0 Å². The van der Waals surface area contributed by atoms with Gasteiger partial charge in [0.2, 0.25) is 0 Å². The van der Waals surface area contributed by atoms with Gasteiger partial charge in [0.15, 0.2) is 0 Å². The van der Waals surface area contributed by atoms with E-state index < -0.39 is 0 Å². The fourth-order valence-electron chi connectivity index (χ4n) is 3.12. The zero-order chi connectivity index (χ0) is 13.5. The van der Waals surface area contributed by atoms with Crippen LogP contribution in [0.2, 0.25) is 0 Å². The Morgan fingerprint density at radius 1 is 1.21 bits per heavy atom. The van der Waals surface area contributed by atoms with Crippen LogP contribution < -0.4 is 5.73 Å². The van der Waals surface area contributed by atoms with Crippen LogP contribution >= 0.6 is 0 Å². The summed E-state index contributed by atoms with van der Waals surface area (Å²) >= 11 is 0. The van der Waals surface area contributed by atoms with Gasteiger partial charge in [-0.1, -0.05) is 43.2 Å². The smallest absolute Gasteiger partial charge is 0.0726 e. The molecule has 0 amide bonds. The fraction of sp³-hybridized carbons (Fsp3) is 0.625. The van der Waals surface area contributed by atoms with Crippen molar-refractivity contribution in [2.24, 2.45) is 5.73 Å². The van der Waals surface area contributed by atoms with Gasteiger partial charge in [0.25, 0.3) is 0 Å². The van der Waals surface area contributed by atoms with Gasteiger partial charge >= 0.3 is 0 Å². The van der Waals surface area contributed by atoms with Crippen molar-refractivity contribution in [3.05, 3.63) is 35.9 Å². The van der Waals surface area contributed by atoms with Crippen molar-refractivity contribution in [3.8, 4) is 0 Å². The maximum Gasteiger partial charge on any atom is 0.0726 e. The van der Waals surface area contributed by atoms with Crippen molar-refractivity contribution in [3.63, 3.8) is 0 Å². The highest BCUT2D eigenvalue weighted by Gasteiger charge is 2.29. The van der Waals surface area contributed by atoms with Crippen LogP contribution in [0.15, 0.2) is 30.3 Å². The minimum atomic E-state index is 0.365. The van der Waals surface area contributed by atoms with Gasteiger partial charge < -0.3 is 10.5 Å². The van der Waals surface area contributed by atoms with Crippen LogP contribution in [0.3, 0.4) is 0 Å². The SMILES string of the molecule is COC1CCCCC1N(CCN)Cc1ccccc1. The second-order valence-electron chi connectivity index (χ2n) is 5.37. The Hall–Kier alpha value is -0.900. The van der Waals surface area contributed by atoms with E-state index in [2.05, 4.69) is 35.2 Å². The molecule has 0 spiro atoms. The molecule has 19 heavy (non-hydrogen) atoms. The number of nitrogens with two attached hydrogens (primary N) is 1. The van der Waals surface area contributed by atoms with Gasteiger partial charge in [0.1, 0.15) is 0 Å². The monoisotopic (exact) mass is 262 g/mol. The van der Waals surface area contributed by atoms with Crippen LogP contribution in [0.4, 0.5) is 0 Å². The summed E-state index contributed by atoms with van der Waals surface area (Å²) < 4.78 is 5.69. The number of rotatable bonds is 6. The van der Waals surface area contributed by atoms with Gasteiger partial charge in [-0.25, -0.2) is 0 Å². The Balaban J connectivity index is 2.05. The average molecular weight is 262 g/mol. The first-order valence-electron chi connectivity index (χ1n) is 7.36. The zero-order valence-corrected chi connectivity index (χ0v) is 11.9. The second-order valence-corrected chi connectivity index (χ2v) is 5.37. The molecule has 2 atom stereocenters. The summed E-state index contributed by atoms with van der Waals surface area (Å²) in [5.74, 6) is 0. The highest BCUT2D eigenvalue weighted by molar-refractivity contribution is 5.14. The minimum Gasteiger partial charge on any atom is -0.380 e. The molecule has 2 N–H and O–H groups in total. The third kappa shape index (κ3) is 4.03. The van der Waals surface area contributed by atoms with E-state index in [1.165, 1.54) is 31.2 Å². The van der Waals surface area contributed by atoms with E-state index in [-0.39, 0.29) is 0 Å². The molecule has 1 saturated carbocycles. The van der Waals surface area contributed by atoms with Crippen molar-refractivity contribution in [1.82, 2.24) is 4.90 Å². The van der Waals surface area contributed by atoms with Crippen molar-refractivity contribution in [2.45, 2.75) is 44.4 Å². The first kappa shape index (κ1) is 14.5. The predicted molar refractivity (Wildman–Crippen MR) is 79.0 cm³/mol. The quantitative estimate of drug-likeness (QED) is 0.855. The van der Waals surface area contributed by atoms with E-state index in [0.717, 1.165) is 13.1 Å². The molecule has 1 fully saturated rings. The van der Waals surface area contributed by atoms with Crippen molar-refractivity contribution in [2.75, 3.05) is 20.2 Å². The Bertz CT molecular complexity index is 355. The molecule has 0 aliphatic heterocycles. The summed E-state index contributed by atoms with van der Waals surface area (Å²) in [5.41, 5.74) is 7.15. The molecule has 2 rings (SSSR count). The first-order chi connectivity index (χ1) is 9.35. The second kappa shape index (κ2) is 7.63. The Kier molecular flexibility index (Phi) is 5.83. The van der Waals surface area contributed by atoms with E-state index in [4.69, 9.17) is 10.5 Å². The molecule has 0 bridgehead atoms. The summed E-state index contributed by atoms with van der Waals surface area (Å²) in [4.78, 5) is 2.50. The third-order valence-electron chi connectivity index (χ3n) is 4.08. The number of benzene rings is 1. The molecule has 1 aromatic rings. The van der Waals surface area contributed by atoms with Crippen molar-refractivity contribution < 1.29 is 4.74 Å². The molecular weight excluding hydrogens is 236 g/mol. The largest absolute Gasteiger partial charge is 0.380 e. The number of ether oxygens (including phenoxy) is 1. The molecule has 3 nitrogen and oxygen atoms in total. The molecule has 0 aromatic heterocycles. The lowest BCUT2D eigenvalue weighted by molar-refractivity contribution is -0.0132. The third-order valence-corrected chi connectivity index (χ3v) is 4.08. The Morgan fingerprint density at radius 2 is 1.95 bits per heavy atom. The van der Waals surface area contributed by atoms with Crippen LogP contribution in [-0.2, 0) is 11.3 Å². The van der Waals surface area contributed by atoms with Gasteiger partial charge in [-0.3, -0.25) is 4.90 Å². The first-order valence-corrected chi connectivity index (χ1v) is 7.36. The molecule has 1 aliphatic carbocycles. The Morgan fingerprint density at radius 3 is 2.63 bits per heavy atom. The van der Waals surface area contributed by atoms with Gasteiger partial charge in [-0.05, 0) is 18.4 Å². The summed E-state index contributed by atoms with van der Waals surface area (Å²) in [6.07, 6.45) is 5.36. The highest BCUT2D eigenvalue weighted by atomic mass is 16.5. The number of hydrogen-bond donors (Lipinski definition) is 1. The lowest BCUT2D eigenvalue weighted by Gasteiger charge is -2.39. The average Bonchev–Trinajstić information content (AvgIpc) is 2.48. The van der Waals surface area contributed by atoms with Crippen molar-refractivity contribution in [1.29, 1.82) is 0 Å². The minimum absolute atomic E-state index is 0.365. The molecule has 1 aliphatic rings. The summed E-state index contributed by atoms with van der Waals surface area (Å²) in [5, 5.41) is 0. The van der Waals surface area contributed by atoms with Gasteiger partial charge in [-0.2, -0.15) is 0 Å². The highest BCUT2D eigenvalue weighted by Crippen LogP contribution is 2.26. The number of methoxy groups -OCH3 is 1. The molecule has 106 valence electrons. The number of nitrogens with zero attached hydrogens (tertiary/aromatic N) is 1. The summed E-state index contributed by atoms with van der Waals surface area (Å²) in [6.45, 7) is 2.63. The van der Waals surface area contributed by atoms with E-state index in [0.29, 0.717) is 18.7 Å². The molecule has 2 unspecified atom stereocenters. The lowest BCUT2D eigenvalue weighted by Crippen LogP contribution is -2.47. The molecule has 1 aromatic carbocycles. The van der Waals surface area contributed by atoms with E-state index >= 15 is 0 Å². The summed E-state index contributed by atoms with van der Waals surface area (Å²) in [7, 11) is 1.84. The molecular formula is C16H26N2O. The van der Waals surface area contributed by atoms with Gasteiger partial charge in [0, 0.05) is 32.8 Å². The van der Waals surface area contributed by atoms with E-state index in [1.807, 2.05) is 7.11 Å². The van der Waals surface area contributed by atoms with Crippen molar-refractivity contribution >= 4 is 0 Å². The van der Waals surface area contributed by atoms with Crippen LogP contribution in [0.25, 0.3) is 0 Å². The van der Waals surface area contributed by atoms with E-state index in [1.54, 1.807) is 0 Å². The normalized spacial score (nSPS) is 23.7.